The molecule has 1 aromatic heterocycles. The van der Waals surface area contributed by atoms with Gasteiger partial charge < -0.3 is 0 Å². The number of nitrogens with zero attached hydrogens (tertiary/aromatic N) is 2. The zero-order valence-electron chi connectivity index (χ0n) is 10.6. The Bertz CT molecular complexity index is 644. The van der Waals surface area contributed by atoms with Gasteiger partial charge in [-0.05, 0) is 18.1 Å². The standard InChI is InChI=1S/C14H12Br2N2OS/c15-6-9-4-13(19)18(7-9)14-17-12(8-20-14)10-2-1-3-11(16)5-10/h1-3,5,8-9H,4,6-7H2. The Hall–Kier alpha value is -0.720. The van der Waals surface area contributed by atoms with E-state index in [2.05, 4.69) is 36.8 Å². The molecule has 6 heteroatoms. The lowest BCUT2D eigenvalue weighted by Gasteiger charge is -2.11. The van der Waals surface area contributed by atoms with Crippen LogP contribution in [-0.4, -0.2) is 22.8 Å². The van der Waals surface area contributed by atoms with E-state index in [1.165, 1.54) is 11.3 Å². The van der Waals surface area contributed by atoms with Gasteiger partial charge in [0.2, 0.25) is 5.91 Å². The average molecular weight is 416 g/mol. The van der Waals surface area contributed by atoms with E-state index in [0.29, 0.717) is 12.3 Å². The van der Waals surface area contributed by atoms with Crippen LogP contribution in [0.25, 0.3) is 11.3 Å². The first kappa shape index (κ1) is 14.2. The summed E-state index contributed by atoms with van der Waals surface area (Å²) >= 11 is 8.44. The topological polar surface area (TPSA) is 33.2 Å². The van der Waals surface area contributed by atoms with Crippen LogP contribution in [0.2, 0.25) is 0 Å². The molecule has 1 amide bonds. The molecule has 1 saturated heterocycles. The lowest BCUT2D eigenvalue weighted by molar-refractivity contribution is -0.117. The molecule has 104 valence electrons. The minimum atomic E-state index is 0.171. The lowest BCUT2D eigenvalue weighted by atomic mass is 10.2. The van der Waals surface area contributed by atoms with Crippen molar-refractivity contribution < 1.29 is 4.79 Å². The van der Waals surface area contributed by atoms with E-state index >= 15 is 0 Å². The Morgan fingerprint density at radius 3 is 3.00 bits per heavy atom. The summed E-state index contributed by atoms with van der Waals surface area (Å²) in [5, 5.41) is 3.67. The quantitative estimate of drug-likeness (QED) is 0.699. The van der Waals surface area contributed by atoms with Gasteiger partial charge in [-0.3, -0.25) is 9.69 Å². The molecule has 0 saturated carbocycles. The van der Waals surface area contributed by atoms with Gasteiger partial charge in [0, 0.05) is 33.7 Å². The summed E-state index contributed by atoms with van der Waals surface area (Å²) in [5.41, 5.74) is 1.98. The summed E-state index contributed by atoms with van der Waals surface area (Å²) in [6.07, 6.45) is 0.608. The smallest absolute Gasteiger partial charge is 0.229 e. The number of aromatic nitrogens is 1. The normalized spacial score (nSPS) is 18.8. The molecule has 1 aromatic carbocycles. The fourth-order valence-electron chi connectivity index (χ4n) is 2.24. The van der Waals surface area contributed by atoms with E-state index in [1.807, 2.05) is 29.6 Å². The van der Waals surface area contributed by atoms with Crippen LogP contribution in [0, 0.1) is 5.92 Å². The number of alkyl halides is 1. The highest BCUT2D eigenvalue weighted by molar-refractivity contribution is 9.10. The summed E-state index contributed by atoms with van der Waals surface area (Å²) in [7, 11) is 0. The maximum atomic E-state index is 12.0. The minimum Gasteiger partial charge on any atom is -0.288 e. The van der Waals surface area contributed by atoms with Gasteiger partial charge in [0.15, 0.2) is 5.13 Å². The number of hydrogen-bond donors (Lipinski definition) is 0. The summed E-state index contributed by atoms with van der Waals surface area (Å²) in [4.78, 5) is 18.4. The van der Waals surface area contributed by atoms with Gasteiger partial charge in [-0.2, -0.15) is 0 Å². The van der Waals surface area contributed by atoms with Crippen molar-refractivity contribution in [1.29, 1.82) is 0 Å². The number of carbonyl (C=O) groups excluding carboxylic acids is 1. The van der Waals surface area contributed by atoms with Crippen LogP contribution in [-0.2, 0) is 4.79 Å². The number of hydrogen-bond acceptors (Lipinski definition) is 3. The molecule has 1 fully saturated rings. The molecular weight excluding hydrogens is 404 g/mol. The van der Waals surface area contributed by atoms with Crippen molar-refractivity contribution in [2.45, 2.75) is 6.42 Å². The van der Waals surface area contributed by atoms with Gasteiger partial charge in [0.25, 0.3) is 0 Å². The molecule has 2 heterocycles. The molecule has 0 spiro atoms. The van der Waals surface area contributed by atoms with Crippen molar-refractivity contribution in [3.8, 4) is 11.3 Å². The third-order valence-electron chi connectivity index (χ3n) is 3.27. The van der Waals surface area contributed by atoms with Crippen LogP contribution < -0.4 is 4.90 Å². The SMILES string of the molecule is O=C1CC(CBr)CN1c1nc(-c2cccc(Br)c2)cs1. The molecule has 3 rings (SSSR count). The van der Waals surface area contributed by atoms with Crippen molar-refractivity contribution in [3.63, 3.8) is 0 Å². The number of carbonyl (C=O) groups is 1. The number of benzene rings is 1. The second-order valence-electron chi connectivity index (χ2n) is 4.75. The molecule has 1 aliphatic rings. The van der Waals surface area contributed by atoms with Gasteiger partial charge >= 0.3 is 0 Å². The van der Waals surface area contributed by atoms with Crippen molar-refractivity contribution in [1.82, 2.24) is 4.98 Å². The van der Waals surface area contributed by atoms with Crippen LogP contribution in [0.15, 0.2) is 34.1 Å². The van der Waals surface area contributed by atoms with Gasteiger partial charge in [-0.25, -0.2) is 4.98 Å². The van der Waals surface area contributed by atoms with Crippen LogP contribution in [0.5, 0.6) is 0 Å². The van der Waals surface area contributed by atoms with E-state index in [1.54, 1.807) is 4.90 Å². The van der Waals surface area contributed by atoms with Crippen LogP contribution in [0.4, 0.5) is 5.13 Å². The molecule has 1 unspecified atom stereocenters. The van der Waals surface area contributed by atoms with E-state index in [-0.39, 0.29) is 5.91 Å². The van der Waals surface area contributed by atoms with Crippen molar-refractivity contribution in [2.24, 2.45) is 5.92 Å². The highest BCUT2D eigenvalue weighted by atomic mass is 79.9. The Morgan fingerprint density at radius 1 is 1.45 bits per heavy atom. The van der Waals surface area contributed by atoms with E-state index in [4.69, 9.17) is 0 Å². The van der Waals surface area contributed by atoms with Gasteiger partial charge in [-0.15, -0.1) is 11.3 Å². The monoisotopic (exact) mass is 414 g/mol. The van der Waals surface area contributed by atoms with Gasteiger partial charge in [-0.1, -0.05) is 44.0 Å². The molecule has 2 aromatic rings. The predicted molar refractivity (Wildman–Crippen MR) is 89.5 cm³/mol. The second kappa shape index (κ2) is 5.95. The van der Waals surface area contributed by atoms with Gasteiger partial charge in [0.1, 0.15) is 0 Å². The zero-order chi connectivity index (χ0) is 14.1. The fraction of sp³-hybridized carbons (Fsp3) is 0.286. The molecule has 0 radical (unpaired) electrons. The Morgan fingerprint density at radius 2 is 2.30 bits per heavy atom. The zero-order valence-corrected chi connectivity index (χ0v) is 14.5. The number of amides is 1. The van der Waals surface area contributed by atoms with Crippen LogP contribution >= 0.6 is 43.2 Å². The molecule has 0 aliphatic carbocycles. The fourth-order valence-corrected chi connectivity index (χ4v) is 3.93. The van der Waals surface area contributed by atoms with E-state index in [9.17, 15) is 4.79 Å². The highest BCUT2D eigenvalue weighted by Crippen LogP contribution is 2.32. The molecule has 1 atom stereocenters. The maximum Gasteiger partial charge on any atom is 0.229 e. The summed E-state index contributed by atoms with van der Waals surface area (Å²) < 4.78 is 1.03. The molecule has 0 N–H and O–H groups in total. The number of thiazole rings is 1. The average Bonchev–Trinajstić information content (AvgIpc) is 3.05. The Kier molecular flexibility index (Phi) is 4.23. The molecule has 3 nitrogen and oxygen atoms in total. The molecular formula is C14H12Br2N2OS. The molecule has 0 bridgehead atoms. The third-order valence-corrected chi connectivity index (χ3v) is 5.54. The van der Waals surface area contributed by atoms with Crippen molar-refractivity contribution >= 4 is 54.2 Å². The predicted octanol–water partition coefficient (Wildman–Crippen LogP) is 4.32. The lowest BCUT2D eigenvalue weighted by Crippen LogP contribution is -2.24. The number of halogens is 2. The van der Waals surface area contributed by atoms with Gasteiger partial charge in [0.05, 0.1) is 5.69 Å². The first-order valence-corrected chi connectivity index (χ1v) is 9.04. The summed E-state index contributed by atoms with van der Waals surface area (Å²) in [6.45, 7) is 0.759. The van der Waals surface area contributed by atoms with Crippen LogP contribution in [0.3, 0.4) is 0 Å². The second-order valence-corrected chi connectivity index (χ2v) is 7.15. The Labute approximate surface area is 138 Å². The maximum absolute atomic E-state index is 12.0. The summed E-state index contributed by atoms with van der Waals surface area (Å²) in [5.74, 6) is 0.560. The number of anilines is 1. The summed E-state index contributed by atoms with van der Waals surface area (Å²) in [6, 6.07) is 8.03. The molecule has 1 aliphatic heterocycles. The van der Waals surface area contributed by atoms with E-state index < -0.39 is 0 Å². The van der Waals surface area contributed by atoms with E-state index in [0.717, 1.165) is 32.7 Å². The first-order chi connectivity index (χ1) is 9.67. The largest absolute Gasteiger partial charge is 0.288 e. The van der Waals surface area contributed by atoms with Crippen molar-refractivity contribution in [3.05, 3.63) is 34.1 Å². The molecule has 20 heavy (non-hydrogen) atoms. The number of rotatable bonds is 3. The van der Waals surface area contributed by atoms with Crippen molar-refractivity contribution in [2.75, 3.05) is 16.8 Å². The highest BCUT2D eigenvalue weighted by Gasteiger charge is 2.31. The first-order valence-electron chi connectivity index (χ1n) is 6.25. The Balaban J connectivity index is 1.86. The minimum absolute atomic E-state index is 0.171. The van der Waals surface area contributed by atoms with Crippen LogP contribution in [0.1, 0.15) is 6.42 Å². The third kappa shape index (κ3) is 2.82.